The molecule has 1 amide bonds. The third kappa shape index (κ3) is 16.6. The van der Waals surface area contributed by atoms with Crippen LogP contribution in [0.15, 0.2) is 12.3 Å². The van der Waals surface area contributed by atoms with Gasteiger partial charge in [-0.2, -0.15) is 5.10 Å². The number of hydrogen-bond acceptors (Lipinski definition) is 3. The Hall–Kier alpha value is -1.85. The number of nitrogens with zero attached hydrogens (tertiary/aromatic N) is 2. The van der Waals surface area contributed by atoms with Crippen molar-refractivity contribution in [3.8, 4) is 0 Å². The van der Waals surface area contributed by atoms with E-state index in [0.717, 1.165) is 12.6 Å². The Morgan fingerprint density at radius 1 is 1.71 bits per heavy atom. The highest BCUT2D eigenvalue weighted by molar-refractivity contribution is 5.62. The van der Waals surface area contributed by atoms with Crippen LogP contribution in [0.4, 0.5) is 0 Å². The Labute approximate surface area is 82.3 Å². The van der Waals surface area contributed by atoms with Crippen LogP contribution in [0.2, 0.25) is 0 Å². The molecule has 0 spiro atoms. The lowest BCUT2D eigenvalue weighted by Crippen LogP contribution is -1.86. The summed E-state index contributed by atoms with van der Waals surface area (Å²) >= 11 is 0. The molecule has 0 fully saturated rings. The Bertz CT molecular complexity index is 250. The van der Waals surface area contributed by atoms with Gasteiger partial charge in [-0.25, -0.2) is 0 Å². The molecule has 0 aliphatic heterocycles. The number of amides is 1. The van der Waals surface area contributed by atoms with E-state index in [4.69, 9.17) is 14.7 Å². The number of carbonyl (C=O) groups excluding carboxylic acids is 1. The Balaban J connectivity index is 0. The molecule has 0 radical (unpaired) electrons. The molecule has 3 N–H and O–H groups in total. The average Bonchev–Trinajstić information content (AvgIpc) is 2.34. The molecule has 6 nitrogen and oxygen atoms in total. The molecule has 1 rings (SSSR count). The van der Waals surface area contributed by atoms with E-state index < -0.39 is 5.97 Å². The summed E-state index contributed by atoms with van der Waals surface area (Å²) in [6.45, 7) is 3.06. The fraction of sp³-hybridized carbons (Fsp3) is 0.375. The number of carboxylic acids is 1. The zero-order valence-electron chi connectivity index (χ0n) is 8.47. The van der Waals surface area contributed by atoms with Gasteiger partial charge in [-0.1, -0.05) is 0 Å². The van der Waals surface area contributed by atoms with Crippen molar-refractivity contribution in [1.29, 1.82) is 0 Å². The van der Waals surface area contributed by atoms with Crippen LogP contribution < -0.4 is 5.73 Å². The maximum Gasteiger partial charge on any atom is 0.300 e. The lowest BCUT2D eigenvalue weighted by Gasteiger charge is -1.79. The summed E-state index contributed by atoms with van der Waals surface area (Å²) in [5.74, 6) is -0.833. The average molecular weight is 201 g/mol. The lowest BCUT2D eigenvalue weighted by molar-refractivity contribution is -0.134. The quantitative estimate of drug-likeness (QED) is 0.573. The van der Waals surface area contributed by atoms with E-state index >= 15 is 0 Å². The smallest absolute Gasteiger partial charge is 0.300 e. The minimum absolute atomic E-state index is 0.250. The molecule has 14 heavy (non-hydrogen) atoms. The van der Waals surface area contributed by atoms with Crippen LogP contribution >= 0.6 is 0 Å². The number of carboxylic acid groups (broad SMARTS) is 1. The molecule has 0 aromatic carbocycles. The van der Waals surface area contributed by atoms with Gasteiger partial charge in [0.2, 0.25) is 6.41 Å². The Kier molecular flexibility index (Phi) is 9.68. The third-order valence-corrected chi connectivity index (χ3v) is 0.847. The van der Waals surface area contributed by atoms with Crippen molar-refractivity contribution in [1.82, 2.24) is 9.78 Å². The molecular formula is C8H15N3O3. The van der Waals surface area contributed by atoms with Gasteiger partial charge in [-0.05, 0) is 13.0 Å². The number of rotatable bonds is 0. The number of carbonyl (C=O) groups is 2. The molecule has 0 bridgehead atoms. The maximum atomic E-state index is 9.00. The summed E-state index contributed by atoms with van der Waals surface area (Å²) in [5, 5.41) is 11.4. The zero-order valence-corrected chi connectivity index (χ0v) is 8.47. The van der Waals surface area contributed by atoms with Gasteiger partial charge in [0, 0.05) is 20.2 Å². The molecule has 0 unspecified atom stereocenters. The van der Waals surface area contributed by atoms with Crippen molar-refractivity contribution in [2.45, 2.75) is 13.8 Å². The lowest BCUT2D eigenvalue weighted by atomic mass is 10.5. The van der Waals surface area contributed by atoms with Crippen molar-refractivity contribution >= 4 is 12.4 Å². The van der Waals surface area contributed by atoms with Gasteiger partial charge in [-0.3, -0.25) is 14.3 Å². The summed E-state index contributed by atoms with van der Waals surface area (Å²) in [6.07, 6.45) is 2.18. The van der Waals surface area contributed by atoms with E-state index in [0.29, 0.717) is 0 Å². The Morgan fingerprint density at radius 3 is 2.14 bits per heavy atom. The third-order valence-electron chi connectivity index (χ3n) is 0.847. The molecule has 1 heterocycles. The SMILES string of the molecule is CC(=O)O.Cc1ccn(C)n1.NC=O. The number of aryl methyl sites for hydroxylation is 2. The van der Waals surface area contributed by atoms with E-state index in [1.165, 1.54) is 0 Å². The molecule has 1 aromatic rings. The molecule has 0 saturated carbocycles. The molecular weight excluding hydrogens is 186 g/mol. The van der Waals surface area contributed by atoms with Crippen molar-refractivity contribution < 1.29 is 14.7 Å². The number of primary amides is 1. The summed E-state index contributed by atoms with van der Waals surface area (Å²) in [6, 6.07) is 1.97. The molecule has 0 atom stereocenters. The first-order valence-electron chi connectivity index (χ1n) is 3.75. The van der Waals surface area contributed by atoms with Gasteiger partial charge in [-0.15, -0.1) is 0 Å². The van der Waals surface area contributed by atoms with E-state index in [1.807, 2.05) is 26.2 Å². The van der Waals surface area contributed by atoms with Crippen LogP contribution in [-0.4, -0.2) is 27.3 Å². The fourth-order valence-corrected chi connectivity index (χ4v) is 0.531. The maximum absolute atomic E-state index is 9.00. The number of aromatic nitrogens is 2. The summed E-state index contributed by atoms with van der Waals surface area (Å²) in [7, 11) is 1.91. The fourth-order valence-electron chi connectivity index (χ4n) is 0.531. The first-order chi connectivity index (χ1) is 6.43. The molecule has 1 aromatic heterocycles. The first kappa shape index (κ1) is 14.7. The van der Waals surface area contributed by atoms with Crippen LogP contribution in [-0.2, 0) is 16.6 Å². The van der Waals surface area contributed by atoms with Crippen LogP contribution in [0.5, 0.6) is 0 Å². The van der Waals surface area contributed by atoms with Gasteiger partial charge in [0.25, 0.3) is 5.97 Å². The van der Waals surface area contributed by atoms with Gasteiger partial charge < -0.3 is 10.8 Å². The predicted molar refractivity (Wildman–Crippen MR) is 51.5 cm³/mol. The normalized spacial score (nSPS) is 7.36. The van der Waals surface area contributed by atoms with Gasteiger partial charge in [0.15, 0.2) is 0 Å². The highest BCUT2D eigenvalue weighted by Gasteiger charge is 1.81. The monoisotopic (exact) mass is 201 g/mol. The molecule has 80 valence electrons. The van der Waals surface area contributed by atoms with Crippen molar-refractivity contribution in [3.63, 3.8) is 0 Å². The predicted octanol–water partition coefficient (Wildman–Crippen LogP) is -0.0791. The van der Waals surface area contributed by atoms with Crippen molar-refractivity contribution in [2.24, 2.45) is 12.8 Å². The minimum Gasteiger partial charge on any atom is -0.481 e. The van der Waals surface area contributed by atoms with Crippen LogP contribution in [0, 0.1) is 6.92 Å². The van der Waals surface area contributed by atoms with E-state index in [2.05, 4.69) is 10.8 Å². The summed E-state index contributed by atoms with van der Waals surface area (Å²) in [5.41, 5.74) is 5.24. The zero-order chi connectivity index (χ0) is 11.6. The van der Waals surface area contributed by atoms with Crippen molar-refractivity contribution in [3.05, 3.63) is 18.0 Å². The number of nitrogens with two attached hydrogens (primary N) is 1. The second kappa shape index (κ2) is 9.24. The van der Waals surface area contributed by atoms with Crippen LogP contribution in [0.1, 0.15) is 12.6 Å². The second-order valence-corrected chi connectivity index (χ2v) is 2.29. The highest BCUT2D eigenvalue weighted by atomic mass is 16.4. The standard InChI is InChI=1S/C5H8N2.C2H4O2.CH3NO/c1-5-3-4-7(2)6-5;1-2(3)4;2-1-3/h3-4H,1-2H3;1H3,(H,3,4);1H,(H2,2,3). The Morgan fingerprint density at radius 2 is 2.07 bits per heavy atom. The molecule has 0 aliphatic carbocycles. The van der Waals surface area contributed by atoms with E-state index in [9.17, 15) is 0 Å². The van der Waals surface area contributed by atoms with Gasteiger partial charge in [0.1, 0.15) is 0 Å². The molecule has 6 heteroatoms. The molecule has 0 saturated heterocycles. The van der Waals surface area contributed by atoms with Gasteiger partial charge in [0.05, 0.1) is 5.69 Å². The summed E-state index contributed by atoms with van der Waals surface area (Å²) < 4.78 is 1.79. The first-order valence-corrected chi connectivity index (χ1v) is 3.75. The minimum atomic E-state index is -0.833. The second-order valence-electron chi connectivity index (χ2n) is 2.29. The number of hydrogen-bond donors (Lipinski definition) is 2. The van der Waals surface area contributed by atoms with Gasteiger partial charge >= 0.3 is 0 Å². The van der Waals surface area contributed by atoms with E-state index in [-0.39, 0.29) is 6.41 Å². The van der Waals surface area contributed by atoms with Crippen molar-refractivity contribution in [2.75, 3.05) is 0 Å². The number of aliphatic carboxylic acids is 1. The van der Waals surface area contributed by atoms with Crippen LogP contribution in [0.3, 0.4) is 0 Å². The van der Waals surface area contributed by atoms with Crippen LogP contribution in [0.25, 0.3) is 0 Å². The highest BCUT2D eigenvalue weighted by Crippen LogP contribution is 1.86. The van der Waals surface area contributed by atoms with E-state index in [1.54, 1.807) is 4.68 Å². The summed E-state index contributed by atoms with van der Waals surface area (Å²) in [4.78, 5) is 17.6. The topological polar surface area (TPSA) is 98.2 Å². The molecule has 0 aliphatic rings. The largest absolute Gasteiger partial charge is 0.481 e.